The lowest BCUT2D eigenvalue weighted by atomic mass is 10.2. The molecule has 4 aromatic rings. The summed E-state index contributed by atoms with van der Waals surface area (Å²) in [6.45, 7) is 3.50. The molecule has 0 unspecified atom stereocenters. The van der Waals surface area contributed by atoms with E-state index in [0.29, 0.717) is 33.9 Å². The summed E-state index contributed by atoms with van der Waals surface area (Å²) in [4.78, 5) is 21.1. The van der Waals surface area contributed by atoms with Crippen LogP contribution in [0, 0.1) is 5.92 Å². The summed E-state index contributed by atoms with van der Waals surface area (Å²) < 4.78 is 39.9. The van der Waals surface area contributed by atoms with Gasteiger partial charge in [0.2, 0.25) is 5.91 Å². The molecule has 3 N–H and O–H groups in total. The second kappa shape index (κ2) is 10.7. The number of benzene rings is 3. The van der Waals surface area contributed by atoms with Crippen LogP contribution in [0.15, 0.2) is 71.6 Å². The van der Waals surface area contributed by atoms with Gasteiger partial charge in [-0.15, -0.1) is 0 Å². The molecule has 0 fully saturated rings. The lowest BCUT2D eigenvalue weighted by Crippen LogP contribution is -2.19. The van der Waals surface area contributed by atoms with Crippen molar-refractivity contribution < 1.29 is 22.7 Å². The Kier molecular flexibility index (Phi) is 7.44. The van der Waals surface area contributed by atoms with Crippen molar-refractivity contribution in [2.24, 2.45) is 5.92 Å². The van der Waals surface area contributed by atoms with Crippen LogP contribution in [0.3, 0.4) is 0 Å². The zero-order valence-corrected chi connectivity index (χ0v) is 21.6. The Morgan fingerprint density at radius 3 is 2.03 bits per heavy atom. The summed E-state index contributed by atoms with van der Waals surface area (Å²) in [6.07, 6.45) is 0. The normalized spacial score (nSPS) is 11.3. The summed E-state index contributed by atoms with van der Waals surface area (Å²) in [5.41, 5.74) is 2.00. The molecule has 1 aromatic heterocycles. The SMILES string of the molecule is COc1cc(Nc2nc3ccccc3nc2NS(=O)(=O)c2cccc(NC(=O)C(C)C)c2)cc(OC)c1. The summed E-state index contributed by atoms with van der Waals surface area (Å²) in [5, 5.41) is 5.83. The molecule has 4 rings (SSSR count). The van der Waals surface area contributed by atoms with Crippen molar-refractivity contribution in [2.75, 3.05) is 29.6 Å². The van der Waals surface area contributed by atoms with Crippen molar-refractivity contribution in [3.8, 4) is 11.5 Å². The lowest BCUT2D eigenvalue weighted by Gasteiger charge is -2.15. The maximum absolute atomic E-state index is 13.4. The maximum atomic E-state index is 13.4. The predicted octanol–water partition coefficient (Wildman–Crippen LogP) is 4.79. The van der Waals surface area contributed by atoms with Crippen molar-refractivity contribution in [2.45, 2.75) is 18.7 Å². The molecule has 0 saturated heterocycles. The van der Waals surface area contributed by atoms with E-state index in [2.05, 4.69) is 25.3 Å². The van der Waals surface area contributed by atoms with Gasteiger partial charge in [0, 0.05) is 35.5 Å². The predicted molar refractivity (Wildman–Crippen MR) is 143 cm³/mol. The summed E-state index contributed by atoms with van der Waals surface area (Å²) in [7, 11) is -1.03. The first kappa shape index (κ1) is 25.7. The number of aromatic nitrogens is 2. The minimum Gasteiger partial charge on any atom is -0.497 e. The number of amides is 1. The molecule has 10 nitrogen and oxygen atoms in total. The molecule has 0 spiro atoms. The van der Waals surface area contributed by atoms with E-state index in [1.807, 2.05) is 6.07 Å². The van der Waals surface area contributed by atoms with Gasteiger partial charge in [-0.25, -0.2) is 18.4 Å². The number of carbonyl (C=O) groups excluding carboxylic acids is 1. The van der Waals surface area contributed by atoms with E-state index in [9.17, 15) is 13.2 Å². The molecule has 3 aromatic carbocycles. The van der Waals surface area contributed by atoms with Gasteiger partial charge in [-0.3, -0.25) is 9.52 Å². The fourth-order valence-corrected chi connectivity index (χ4v) is 4.44. The highest BCUT2D eigenvalue weighted by Gasteiger charge is 2.20. The van der Waals surface area contributed by atoms with Crippen LogP contribution in [-0.4, -0.2) is 38.5 Å². The van der Waals surface area contributed by atoms with Crippen molar-refractivity contribution in [3.05, 3.63) is 66.7 Å². The van der Waals surface area contributed by atoms with Gasteiger partial charge in [-0.1, -0.05) is 32.0 Å². The zero-order chi connectivity index (χ0) is 26.6. The average molecular weight is 522 g/mol. The molecule has 0 aliphatic rings. The number of nitrogens with zero attached hydrogens (tertiary/aromatic N) is 2. The third-order valence-electron chi connectivity index (χ3n) is 5.35. The smallest absolute Gasteiger partial charge is 0.263 e. The number of carbonyl (C=O) groups is 1. The van der Waals surface area contributed by atoms with Crippen molar-refractivity contribution in [1.82, 2.24) is 9.97 Å². The number of nitrogens with one attached hydrogen (secondary N) is 3. The van der Waals surface area contributed by atoms with Crippen molar-refractivity contribution >= 4 is 50.0 Å². The number of hydrogen-bond donors (Lipinski definition) is 3. The molecule has 192 valence electrons. The topological polar surface area (TPSA) is 132 Å². The van der Waals surface area contributed by atoms with Crippen LogP contribution in [-0.2, 0) is 14.8 Å². The van der Waals surface area contributed by atoms with Gasteiger partial charge in [0.1, 0.15) is 11.5 Å². The number of ether oxygens (including phenoxy) is 2. The van der Waals surface area contributed by atoms with Crippen LogP contribution in [0.2, 0.25) is 0 Å². The number of fused-ring (bicyclic) bond motifs is 1. The Morgan fingerprint density at radius 1 is 0.811 bits per heavy atom. The van der Waals surface area contributed by atoms with Gasteiger partial charge in [0.25, 0.3) is 10.0 Å². The Hall–Kier alpha value is -4.38. The van der Waals surface area contributed by atoms with E-state index >= 15 is 0 Å². The van der Waals surface area contributed by atoms with Crippen molar-refractivity contribution in [1.29, 1.82) is 0 Å². The molecular weight excluding hydrogens is 494 g/mol. The number of anilines is 4. The molecule has 37 heavy (non-hydrogen) atoms. The first-order chi connectivity index (χ1) is 17.7. The van der Waals surface area contributed by atoms with Crippen LogP contribution >= 0.6 is 0 Å². The Labute approximate surface area is 215 Å². The van der Waals surface area contributed by atoms with E-state index in [4.69, 9.17) is 9.47 Å². The van der Waals surface area contributed by atoms with E-state index in [1.54, 1.807) is 62.4 Å². The molecule has 0 bridgehead atoms. The average Bonchev–Trinajstić information content (AvgIpc) is 2.88. The van der Waals surface area contributed by atoms with E-state index < -0.39 is 10.0 Å². The third kappa shape index (κ3) is 6.07. The maximum Gasteiger partial charge on any atom is 0.263 e. The summed E-state index contributed by atoms with van der Waals surface area (Å²) in [6, 6.07) is 18.3. The van der Waals surface area contributed by atoms with Gasteiger partial charge in [0.15, 0.2) is 11.6 Å². The first-order valence-electron chi connectivity index (χ1n) is 11.4. The number of sulfonamides is 1. The van der Waals surface area contributed by atoms with Gasteiger partial charge < -0.3 is 20.1 Å². The van der Waals surface area contributed by atoms with Crippen LogP contribution < -0.4 is 24.8 Å². The second-order valence-corrected chi connectivity index (χ2v) is 10.1. The van der Waals surface area contributed by atoms with Gasteiger partial charge in [0.05, 0.1) is 30.1 Å². The standard InChI is InChI=1S/C26H27N5O5S/c1-16(2)26(32)28-17-8-7-9-21(14-17)37(33,34)31-25-24(29-22-10-5-6-11-23(22)30-25)27-18-12-19(35-3)15-20(13-18)36-4/h5-16H,1-4H3,(H,27,29)(H,28,32)(H,30,31). The highest BCUT2D eigenvalue weighted by atomic mass is 32.2. The number of rotatable bonds is 9. The van der Waals surface area contributed by atoms with Crippen LogP contribution in [0.1, 0.15) is 13.8 Å². The molecule has 0 saturated carbocycles. The molecule has 11 heteroatoms. The molecule has 0 aliphatic carbocycles. The minimum atomic E-state index is -4.09. The summed E-state index contributed by atoms with van der Waals surface area (Å²) >= 11 is 0. The van der Waals surface area contributed by atoms with Gasteiger partial charge in [-0.05, 0) is 30.3 Å². The van der Waals surface area contributed by atoms with Crippen LogP contribution in [0.4, 0.5) is 23.0 Å². The van der Waals surface area contributed by atoms with E-state index in [1.165, 1.54) is 26.4 Å². The largest absolute Gasteiger partial charge is 0.497 e. The Morgan fingerprint density at radius 2 is 1.43 bits per heavy atom. The van der Waals surface area contributed by atoms with Gasteiger partial charge >= 0.3 is 0 Å². The third-order valence-corrected chi connectivity index (χ3v) is 6.69. The molecule has 1 amide bonds. The molecule has 0 aliphatic heterocycles. The Bertz CT molecular complexity index is 1530. The number of methoxy groups -OCH3 is 2. The quantitative estimate of drug-likeness (QED) is 0.287. The number of hydrogen-bond acceptors (Lipinski definition) is 8. The first-order valence-corrected chi connectivity index (χ1v) is 12.9. The molecular formula is C26H27N5O5S. The highest BCUT2D eigenvalue weighted by Crippen LogP contribution is 2.31. The molecule has 0 radical (unpaired) electrons. The summed E-state index contributed by atoms with van der Waals surface area (Å²) in [5.74, 6) is 0.785. The monoisotopic (exact) mass is 521 g/mol. The minimum absolute atomic E-state index is 0.00268. The number of para-hydroxylation sites is 2. The van der Waals surface area contributed by atoms with Crippen LogP contribution in [0.5, 0.6) is 11.5 Å². The van der Waals surface area contributed by atoms with Gasteiger partial charge in [-0.2, -0.15) is 0 Å². The fourth-order valence-electron chi connectivity index (χ4n) is 3.39. The van der Waals surface area contributed by atoms with Crippen LogP contribution in [0.25, 0.3) is 11.0 Å². The zero-order valence-electron chi connectivity index (χ0n) is 20.8. The second-order valence-electron chi connectivity index (χ2n) is 8.41. The molecule has 0 atom stereocenters. The van der Waals surface area contributed by atoms with E-state index in [-0.39, 0.29) is 28.4 Å². The lowest BCUT2D eigenvalue weighted by molar-refractivity contribution is -0.118. The molecule has 1 heterocycles. The van der Waals surface area contributed by atoms with Crippen molar-refractivity contribution in [3.63, 3.8) is 0 Å². The highest BCUT2D eigenvalue weighted by molar-refractivity contribution is 7.92. The fraction of sp³-hybridized carbons (Fsp3) is 0.192. The Balaban J connectivity index is 1.73. The van der Waals surface area contributed by atoms with E-state index in [0.717, 1.165) is 0 Å².